The van der Waals surface area contributed by atoms with Crippen LogP contribution in [0.1, 0.15) is 40.2 Å². The maximum atomic E-state index is 4.40. The van der Waals surface area contributed by atoms with Crippen molar-refractivity contribution in [2.75, 3.05) is 0 Å². The maximum absolute atomic E-state index is 4.40. The topological polar surface area (TPSA) is 12.9 Å². The van der Waals surface area contributed by atoms with Gasteiger partial charge in [0.1, 0.15) is 0 Å². The highest BCUT2D eigenvalue weighted by Gasteiger charge is 2.17. The Bertz CT molecular complexity index is 423. The zero-order chi connectivity index (χ0) is 11.5. The Labute approximate surface area is 96.2 Å². The van der Waals surface area contributed by atoms with Crippen molar-refractivity contribution >= 4 is 21.6 Å². The van der Waals surface area contributed by atoms with Crippen molar-refractivity contribution < 1.29 is 0 Å². The van der Waals surface area contributed by atoms with Crippen molar-refractivity contribution in [1.82, 2.24) is 4.98 Å². The van der Waals surface area contributed by atoms with Gasteiger partial charge in [0.05, 0.1) is 15.7 Å². The van der Waals surface area contributed by atoms with E-state index < -0.39 is 0 Å². The molecule has 0 fully saturated rings. The Morgan fingerprint density at radius 3 is 2.40 bits per heavy atom. The fraction of sp³-hybridized carbons (Fsp3) is 0.462. The summed E-state index contributed by atoms with van der Waals surface area (Å²) >= 11 is 1.71. The number of fused-ring (bicyclic) bond motifs is 1. The average molecular weight is 221 g/mol. The van der Waals surface area contributed by atoms with Crippen LogP contribution >= 0.6 is 11.3 Å². The highest BCUT2D eigenvalue weighted by Crippen LogP contribution is 2.30. The SMILES string of the molecule is CC.CC(C)(C)c1cccc2scnc12. The lowest BCUT2D eigenvalue weighted by Gasteiger charge is -2.19. The fourth-order valence-corrected chi connectivity index (χ4v) is 2.19. The third-order valence-electron chi connectivity index (χ3n) is 2.17. The molecule has 0 aliphatic heterocycles. The third-order valence-corrected chi connectivity index (χ3v) is 2.96. The molecule has 1 nitrogen and oxygen atoms in total. The van der Waals surface area contributed by atoms with Gasteiger partial charge < -0.3 is 0 Å². The highest BCUT2D eigenvalue weighted by molar-refractivity contribution is 7.16. The van der Waals surface area contributed by atoms with Crippen LogP contribution in [0.5, 0.6) is 0 Å². The van der Waals surface area contributed by atoms with Gasteiger partial charge in [0.15, 0.2) is 0 Å². The molecule has 0 bridgehead atoms. The second-order valence-electron chi connectivity index (χ2n) is 4.25. The molecular weight excluding hydrogens is 202 g/mol. The van der Waals surface area contributed by atoms with E-state index in [1.54, 1.807) is 11.3 Å². The van der Waals surface area contributed by atoms with Crippen molar-refractivity contribution in [3.63, 3.8) is 0 Å². The van der Waals surface area contributed by atoms with Crippen molar-refractivity contribution in [3.8, 4) is 0 Å². The normalized spacial score (nSPS) is 11.0. The standard InChI is InChI=1S/C11H13NS.C2H6/c1-11(2,3)8-5-4-6-9-10(8)12-7-13-9;1-2/h4-7H,1-3H3;1-2H3. The molecule has 1 aromatic carbocycles. The van der Waals surface area contributed by atoms with E-state index in [0.29, 0.717) is 0 Å². The van der Waals surface area contributed by atoms with Crippen LogP contribution < -0.4 is 0 Å². The van der Waals surface area contributed by atoms with Gasteiger partial charge in [0.2, 0.25) is 0 Å². The van der Waals surface area contributed by atoms with Crippen LogP contribution in [0.2, 0.25) is 0 Å². The number of thiazole rings is 1. The van der Waals surface area contributed by atoms with Crippen LogP contribution in [0.4, 0.5) is 0 Å². The van der Waals surface area contributed by atoms with Gasteiger partial charge in [-0.15, -0.1) is 11.3 Å². The first kappa shape index (κ1) is 12.2. The van der Waals surface area contributed by atoms with Gasteiger partial charge in [-0.05, 0) is 17.0 Å². The minimum atomic E-state index is 0.188. The van der Waals surface area contributed by atoms with Gasteiger partial charge in [-0.3, -0.25) is 0 Å². The van der Waals surface area contributed by atoms with Crippen molar-refractivity contribution in [2.24, 2.45) is 0 Å². The molecule has 0 aliphatic carbocycles. The largest absolute Gasteiger partial charge is 0.244 e. The quantitative estimate of drug-likeness (QED) is 0.632. The summed E-state index contributed by atoms with van der Waals surface area (Å²) in [6.45, 7) is 10.7. The molecule has 2 aromatic rings. The summed E-state index contributed by atoms with van der Waals surface area (Å²) in [4.78, 5) is 4.40. The monoisotopic (exact) mass is 221 g/mol. The molecule has 1 heterocycles. The number of aromatic nitrogens is 1. The van der Waals surface area contributed by atoms with Crippen LogP contribution in [0.15, 0.2) is 23.7 Å². The molecule has 0 unspecified atom stereocenters. The molecule has 2 rings (SSSR count). The molecule has 1 aromatic heterocycles. The molecule has 0 atom stereocenters. The molecule has 82 valence electrons. The lowest BCUT2D eigenvalue weighted by molar-refractivity contribution is 0.595. The molecule has 0 aliphatic rings. The summed E-state index contributed by atoms with van der Waals surface area (Å²) in [5.41, 5.74) is 4.61. The van der Waals surface area contributed by atoms with Gasteiger partial charge in [0, 0.05) is 0 Å². The summed E-state index contributed by atoms with van der Waals surface area (Å²) in [6.07, 6.45) is 0. The van der Waals surface area contributed by atoms with Crippen molar-refractivity contribution in [2.45, 2.75) is 40.0 Å². The highest BCUT2D eigenvalue weighted by atomic mass is 32.1. The summed E-state index contributed by atoms with van der Waals surface area (Å²) in [5, 5.41) is 0. The Morgan fingerprint density at radius 2 is 1.80 bits per heavy atom. The third kappa shape index (κ3) is 2.57. The molecule has 0 amide bonds. The number of nitrogens with zero attached hydrogens (tertiary/aromatic N) is 1. The second kappa shape index (κ2) is 4.75. The van der Waals surface area contributed by atoms with E-state index in [0.717, 1.165) is 0 Å². The van der Waals surface area contributed by atoms with Gasteiger partial charge >= 0.3 is 0 Å². The molecule has 0 saturated heterocycles. The minimum Gasteiger partial charge on any atom is -0.244 e. The molecule has 0 saturated carbocycles. The van der Waals surface area contributed by atoms with Gasteiger partial charge in [-0.2, -0.15) is 0 Å². The Kier molecular flexibility index (Phi) is 3.86. The Morgan fingerprint density at radius 1 is 1.13 bits per heavy atom. The lowest BCUT2D eigenvalue weighted by atomic mass is 9.86. The number of hydrogen-bond donors (Lipinski definition) is 0. The predicted octanol–water partition coefficient (Wildman–Crippen LogP) is 4.62. The van der Waals surface area contributed by atoms with Gasteiger partial charge in [-0.25, -0.2) is 4.98 Å². The predicted molar refractivity (Wildman–Crippen MR) is 69.7 cm³/mol. The number of para-hydroxylation sites is 1. The first-order valence-corrected chi connectivity index (χ1v) is 6.30. The first-order chi connectivity index (χ1) is 7.09. The van der Waals surface area contributed by atoms with Gasteiger partial charge in [0.25, 0.3) is 0 Å². The lowest BCUT2D eigenvalue weighted by Crippen LogP contribution is -2.11. The zero-order valence-corrected chi connectivity index (χ0v) is 11.0. The Balaban J connectivity index is 0.000000531. The van der Waals surface area contributed by atoms with E-state index in [1.807, 2.05) is 19.4 Å². The van der Waals surface area contributed by atoms with E-state index in [1.165, 1.54) is 15.8 Å². The fourth-order valence-electron chi connectivity index (χ4n) is 1.49. The van der Waals surface area contributed by atoms with Crippen LogP contribution in [-0.2, 0) is 5.41 Å². The van der Waals surface area contributed by atoms with E-state index >= 15 is 0 Å². The minimum absolute atomic E-state index is 0.188. The van der Waals surface area contributed by atoms with E-state index in [-0.39, 0.29) is 5.41 Å². The van der Waals surface area contributed by atoms with Crippen molar-refractivity contribution in [1.29, 1.82) is 0 Å². The summed E-state index contributed by atoms with van der Waals surface area (Å²) in [7, 11) is 0. The van der Waals surface area contributed by atoms with E-state index in [2.05, 4.69) is 44.0 Å². The molecule has 0 N–H and O–H groups in total. The summed E-state index contributed by atoms with van der Waals surface area (Å²) in [5.74, 6) is 0. The zero-order valence-electron chi connectivity index (χ0n) is 10.2. The van der Waals surface area contributed by atoms with E-state index in [9.17, 15) is 0 Å². The molecule has 0 spiro atoms. The van der Waals surface area contributed by atoms with Gasteiger partial charge in [-0.1, -0.05) is 46.8 Å². The summed E-state index contributed by atoms with van der Waals surface area (Å²) in [6, 6.07) is 6.41. The van der Waals surface area contributed by atoms with E-state index in [4.69, 9.17) is 0 Å². The molecule has 0 radical (unpaired) electrons. The van der Waals surface area contributed by atoms with Crippen LogP contribution in [0.3, 0.4) is 0 Å². The number of benzene rings is 1. The summed E-state index contributed by atoms with van der Waals surface area (Å²) < 4.78 is 1.28. The molecule has 15 heavy (non-hydrogen) atoms. The number of rotatable bonds is 0. The second-order valence-corrected chi connectivity index (χ2v) is 5.14. The van der Waals surface area contributed by atoms with Crippen LogP contribution in [-0.4, -0.2) is 4.98 Å². The smallest absolute Gasteiger partial charge is 0.0849 e. The van der Waals surface area contributed by atoms with Crippen molar-refractivity contribution in [3.05, 3.63) is 29.3 Å². The van der Waals surface area contributed by atoms with Crippen LogP contribution in [0.25, 0.3) is 10.2 Å². The average Bonchev–Trinajstić information content (AvgIpc) is 2.66. The Hall–Kier alpha value is -0.890. The number of hydrogen-bond acceptors (Lipinski definition) is 2. The molecule has 2 heteroatoms. The van der Waals surface area contributed by atoms with Crippen LogP contribution in [0, 0.1) is 0 Å². The maximum Gasteiger partial charge on any atom is 0.0849 e. The first-order valence-electron chi connectivity index (χ1n) is 5.42. The molecular formula is C13H19NS.